The molecule has 2 atom stereocenters. The van der Waals surface area contributed by atoms with Crippen LogP contribution in [0.15, 0.2) is 29.8 Å². The number of nitrogens with one attached hydrogen (secondary N) is 1. The van der Waals surface area contributed by atoms with Crippen LogP contribution in [0.3, 0.4) is 0 Å². The molecule has 21 heavy (non-hydrogen) atoms. The van der Waals surface area contributed by atoms with Gasteiger partial charge in [-0.15, -0.1) is 0 Å². The zero-order valence-electron chi connectivity index (χ0n) is 12.2. The molecule has 1 saturated carbocycles. The van der Waals surface area contributed by atoms with Crippen LogP contribution in [-0.2, 0) is 4.79 Å². The molecule has 1 aromatic carbocycles. The molecule has 0 bridgehead atoms. The third-order valence-electron chi connectivity index (χ3n) is 4.00. The second-order valence-corrected chi connectivity index (χ2v) is 5.60. The Morgan fingerprint density at radius 3 is 2.62 bits per heavy atom. The van der Waals surface area contributed by atoms with Crippen LogP contribution in [0.25, 0.3) is 6.08 Å². The predicted molar refractivity (Wildman–Crippen MR) is 81.3 cm³/mol. The van der Waals surface area contributed by atoms with Crippen LogP contribution in [0.4, 0.5) is 0 Å². The number of nitriles is 1. The maximum atomic E-state index is 12.2. The van der Waals surface area contributed by atoms with E-state index < -0.39 is 0 Å². The average Bonchev–Trinajstić information content (AvgIpc) is 2.49. The molecule has 0 heterocycles. The Morgan fingerprint density at radius 2 is 2.00 bits per heavy atom. The van der Waals surface area contributed by atoms with E-state index in [9.17, 15) is 15.2 Å². The fraction of sp³-hybridized carbons (Fsp3) is 0.412. The van der Waals surface area contributed by atoms with Crippen molar-refractivity contribution in [2.75, 3.05) is 0 Å². The van der Waals surface area contributed by atoms with E-state index in [0.717, 1.165) is 24.8 Å². The lowest BCUT2D eigenvalue weighted by molar-refractivity contribution is -0.118. The molecule has 4 heteroatoms. The van der Waals surface area contributed by atoms with Gasteiger partial charge in [0.05, 0.1) is 0 Å². The number of rotatable bonds is 3. The van der Waals surface area contributed by atoms with Gasteiger partial charge < -0.3 is 10.4 Å². The van der Waals surface area contributed by atoms with Gasteiger partial charge in [0.1, 0.15) is 17.4 Å². The number of hydrogen-bond donors (Lipinski definition) is 2. The van der Waals surface area contributed by atoms with Gasteiger partial charge in [0.2, 0.25) is 0 Å². The third-order valence-corrected chi connectivity index (χ3v) is 4.00. The van der Waals surface area contributed by atoms with E-state index in [-0.39, 0.29) is 23.3 Å². The van der Waals surface area contributed by atoms with Gasteiger partial charge in [-0.3, -0.25) is 4.79 Å². The van der Waals surface area contributed by atoms with Crippen molar-refractivity contribution in [2.24, 2.45) is 5.92 Å². The normalized spacial score (nSPS) is 22.4. The molecule has 0 saturated heterocycles. The van der Waals surface area contributed by atoms with Gasteiger partial charge in [0, 0.05) is 6.04 Å². The molecule has 1 aliphatic carbocycles. The molecule has 0 unspecified atom stereocenters. The van der Waals surface area contributed by atoms with E-state index in [0.29, 0.717) is 5.92 Å². The van der Waals surface area contributed by atoms with Crippen molar-refractivity contribution in [3.63, 3.8) is 0 Å². The first kappa shape index (κ1) is 15.1. The number of amides is 1. The van der Waals surface area contributed by atoms with Crippen molar-refractivity contribution in [3.8, 4) is 11.8 Å². The van der Waals surface area contributed by atoms with E-state index in [1.165, 1.54) is 18.6 Å². The summed E-state index contributed by atoms with van der Waals surface area (Å²) < 4.78 is 0. The van der Waals surface area contributed by atoms with E-state index in [1.807, 2.05) is 6.07 Å². The monoisotopic (exact) mass is 284 g/mol. The maximum Gasteiger partial charge on any atom is 0.262 e. The number of nitrogens with zero attached hydrogens (tertiary/aromatic N) is 1. The number of phenols is 1. The highest BCUT2D eigenvalue weighted by molar-refractivity contribution is 6.01. The highest BCUT2D eigenvalue weighted by Gasteiger charge is 2.23. The molecule has 110 valence electrons. The van der Waals surface area contributed by atoms with Crippen LogP contribution >= 0.6 is 0 Å². The molecular weight excluding hydrogens is 264 g/mol. The summed E-state index contributed by atoms with van der Waals surface area (Å²) >= 11 is 0. The standard InChI is InChI=1S/C17H20N2O2/c1-12-4-2-3-5-16(12)19-17(21)14(11-18)10-13-6-8-15(20)9-7-13/h6-10,12,16,20H,2-5H2,1H3,(H,19,21)/b14-10+/t12-,16+/m0/s1. The topological polar surface area (TPSA) is 73.1 Å². The Hall–Kier alpha value is -2.28. The van der Waals surface area contributed by atoms with Crippen LogP contribution in [0, 0.1) is 17.2 Å². The Bertz CT molecular complexity index is 569. The summed E-state index contributed by atoms with van der Waals surface area (Å²) in [6.45, 7) is 2.14. The molecule has 0 aliphatic heterocycles. The van der Waals surface area contributed by atoms with Gasteiger partial charge >= 0.3 is 0 Å². The molecule has 1 aliphatic rings. The molecule has 4 nitrogen and oxygen atoms in total. The molecule has 0 spiro atoms. The zero-order chi connectivity index (χ0) is 15.2. The predicted octanol–water partition coefficient (Wildman–Crippen LogP) is 2.99. The zero-order valence-corrected chi connectivity index (χ0v) is 12.2. The van der Waals surface area contributed by atoms with Crippen LogP contribution in [0.5, 0.6) is 5.75 Å². The number of carbonyl (C=O) groups is 1. The summed E-state index contributed by atoms with van der Waals surface area (Å²) in [6, 6.07) is 8.51. The second-order valence-electron chi connectivity index (χ2n) is 5.60. The lowest BCUT2D eigenvalue weighted by Crippen LogP contribution is -2.41. The van der Waals surface area contributed by atoms with Crippen LogP contribution in [0.2, 0.25) is 0 Å². The molecule has 1 amide bonds. The summed E-state index contributed by atoms with van der Waals surface area (Å²) in [5.74, 6) is 0.298. The fourth-order valence-corrected chi connectivity index (χ4v) is 2.66. The van der Waals surface area contributed by atoms with Crippen molar-refractivity contribution >= 4 is 12.0 Å². The lowest BCUT2D eigenvalue weighted by atomic mass is 9.86. The van der Waals surface area contributed by atoms with E-state index >= 15 is 0 Å². The van der Waals surface area contributed by atoms with E-state index in [2.05, 4.69) is 12.2 Å². The van der Waals surface area contributed by atoms with Gasteiger partial charge in [-0.1, -0.05) is 31.9 Å². The number of phenolic OH excluding ortho intramolecular Hbond substituents is 1. The van der Waals surface area contributed by atoms with Crippen molar-refractivity contribution in [2.45, 2.75) is 38.6 Å². The number of benzene rings is 1. The lowest BCUT2D eigenvalue weighted by Gasteiger charge is -2.29. The van der Waals surface area contributed by atoms with Crippen molar-refractivity contribution in [1.82, 2.24) is 5.32 Å². The average molecular weight is 284 g/mol. The van der Waals surface area contributed by atoms with Crippen molar-refractivity contribution in [3.05, 3.63) is 35.4 Å². The molecule has 2 rings (SSSR count). The molecule has 0 radical (unpaired) electrons. The summed E-state index contributed by atoms with van der Waals surface area (Å²) in [7, 11) is 0. The Labute approximate surface area is 125 Å². The minimum absolute atomic E-state index is 0.0958. The van der Waals surface area contributed by atoms with Gasteiger partial charge in [-0.25, -0.2) is 0 Å². The summed E-state index contributed by atoms with van der Waals surface area (Å²) in [6.07, 6.45) is 5.97. The Balaban J connectivity index is 2.08. The van der Waals surface area contributed by atoms with Gasteiger partial charge in [0.25, 0.3) is 5.91 Å². The van der Waals surface area contributed by atoms with Gasteiger partial charge in [-0.2, -0.15) is 5.26 Å². The molecular formula is C17H20N2O2. The van der Waals surface area contributed by atoms with Crippen LogP contribution in [0.1, 0.15) is 38.2 Å². The smallest absolute Gasteiger partial charge is 0.262 e. The first-order valence-corrected chi connectivity index (χ1v) is 7.32. The fourth-order valence-electron chi connectivity index (χ4n) is 2.66. The molecule has 2 N–H and O–H groups in total. The second kappa shape index (κ2) is 6.94. The largest absolute Gasteiger partial charge is 0.508 e. The third kappa shape index (κ3) is 4.09. The Morgan fingerprint density at radius 1 is 1.33 bits per heavy atom. The summed E-state index contributed by atoms with van der Waals surface area (Å²) in [4.78, 5) is 12.2. The number of aromatic hydroxyl groups is 1. The quantitative estimate of drug-likeness (QED) is 0.662. The summed E-state index contributed by atoms with van der Waals surface area (Å²) in [5, 5.41) is 21.4. The molecule has 1 fully saturated rings. The van der Waals surface area contributed by atoms with E-state index in [4.69, 9.17) is 0 Å². The first-order valence-electron chi connectivity index (χ1n) is 7.32. The SMILES string of the molecule is C[C@H]1CCCC[C@H]1NC(=O)/C(C#N)=C/c1ccc(O)cc1. The highest BCUT2D eigenvalue weighted by atomic mass is 16.3. The Kier molecular flexibility index (Phi) is 4.99. The van der Waals surface area contributed by atoms with Crippen LogP contribution in [-0.4, -0.2) is 17.1 Å². The van der Waals surface area contributed by atoms with Crippen molar-refractivity contribution < 1.29 is 9.90 Å². The minimum Gasteiger partial charge on any atom is -0.508 e. The van der Waals surface area contributed by atoms with E-state index in [1.54, 1.807) is 18.2 Å². The minimum atomic E-state index is -0.315. The molecule has 0 aromatic heterocycles. The number of carbonyl (C=O) groups excluding carboxylic acids is 1. The van der Waals surface area contributed by atoms with Gasteiger partial charge in [-0.05, 0) is 42.5 Å². The van der Waals surface area contributed by atoms with Gasteiger partial charge in [0.15, 0.2) is 0 Å². The first-order chi connectivity index (χ1) is 10.1. The highest BCUT2D eigenvalue weighted by Crippen LogP contribution is 2.24. The van der Waals surface area contributed by atoms with Crippen molar-refractivity contribution in [1.29, 1.82) is 5.26 Å². The van der Waals surface area contributed by atoms with Crippen LogP contribution < -0.4 is 5.32 Å². The summed E-state index contributed by atoms with van der Waals surface area (Å²) in [5.41, 5.74) is 0.814. The number of hydrogen-bond acceptors (Lipinski definition) is 3. The molecule has 1 aromatic rings. The maximum absolute atomic E-state index is 12.2.